The first kappa shape index (κ1) is 17.2. The number of nitrogens with zero attached hydrogens (tertiary/aromatic N) is 4. The average Bonchev–Trinajstić information content (AvgIpc) is 2.60. The molecule has 1 heterocycles. The predicted molar refractivity (Wildman–Crippen MR) is 98.2 cm³/mol. The van der Waals surface area contributed by atoms with E-state index in [1.54, 1.807) is 12.1 Å². The van der Waals surface area contributed by atoms with Gasteiger partial charge >= 0.3 is 0 Å². The summed E-state index contributed by atoms with van der Waals surface area (Å²) in [4.78, 5) is 19.3. The Morgan fingerprint density at radius 2 is 1.88 bits per heavy atom. The molecule has 0 radical (unpaired) electrons. The number of aromatic nitrogens is 2. The molecular formula is C19H17ClN4O. The van der Waals surface area contributed by atoms with Gasteiger partial charge in [0, 0.05) is 11.6 Å². The van der Waals surface area contributed by atoms with Gasteiger partial charge in [-0.1, -0.05) is 41.9 Å². The molecule has 0 aliphatic heterocycles. The van der Waals surface area contributed by atoms with E-state index in [2.05, 4.69) is 4.98 Å². The highest BCUT2D eigenvalue weighted by atomic mass is 35.5. The fourth-order valence-electron chi connectivity index (χ4n) is 2.78. The summed E-state index contributed by atoms with van der Waals surface area (Å²) in [5.41, 5.74) is 1.46. The summed E-state index contributed by atoms with van der Waals surface area (Å²) in [6.45, 7) is 1.04. The quantitative estimate of drug-likeness (QED) is 0.707. The summed E-state index contributed by atoms with van der Waals surface area (Å²) in [5.74, 6) is 0.569. The van der Waals surface area contributed by atoms with E-state index < -0.39 is 0 Å². The number of halogens is 1. The molecule has 0 fully saturated rings. The third-order valence-electron chi connectivity index (χ3n) is 3.98. The van der Waals surface area contributed by atoms with Gasteiger partial charge in [0.2, 0.25) is 0 Å². The summed E-state index contributed by atoms with van der Waals surface area (Å²) < 4.78 is 1.44. The van der Waals surface area contributed by atoms with Crippen LogP contribution in [-0.2, 0) is 19.6 Å². The molecule has 1 aromatic heterocycles. The van der Waals surface area contributed by atoms with Crippen LogP contribution < -0.4 is 5.56 Å². The van der Waals surface area contributed by atoms with Gasteiger partial charge in [-0.2, -0.15) is 5.26 Å². The number of hydrogen-bond donors (Lipinski definition) is 0. The zero-order chi connectivity index (χ0) is 17.8. The van der Waals surface area contributed by atoms with Crippen LogP contribution in [0.1, 0.15) is 11.4 Å². The molecular weight excluding hydrogens is 336 g/mol. The van der Waals surface area contributed by atoms with Gasteiger partial charge in [0.1, 0.15) is 12.4 Å². The molecule has 0 saturated heterocycles. The van der Waals surface area contributed by atoms with Crippen molar-refractivity contribution in [3.05, 3.63) is 75.3 Å². The minimum absolute atomic E-state index is 0.0219. The van der Waals surface area contributed by atoms with E-state index in [0.29, 0.717) is 34.8 Å². The van der Waals surface area contributed by atoms with Crippen LogP contribution in [-0.4, -0.2) is 21.5 Å². The molecule has 0 N–H and O–H groups in total. The van der Waals surface area contributed by atoms with Gasteiger partial charge in [-0.05, 0) is 30.8 Å². The minimum Gasteiger partial charge on any atom is -0.295 e. The van der Waals surface area contributed by atoms with Gasteiger partial charge < -0.3 is 0 Å². The second-order valence-corrected chi connectivity index (χ2v) is 6.27. The first-order valence-corrected chi connectivity index (χ1v) is 8.25. The first-order chi connectivity index (χ1) is 12.1. The molecule has 0 spiro atoms. The van der Waals surface area contributed by atoms with Crippen LogP contribution in [0.3, 0.4) is 0 Å². The van der Waals surface area contributed by atoms with Crippen molar-refractivity contribution in [2.75, 3.05) is 7.05 Å². The Morgan fingerprint density at radius 3 is 2.64 bits per heavy atom. The second kappa shape index (κ2) is 7.47. The molecule has 0 unspecified atom stereocenters. The Balaban J connectivity index is 1.95. The van der Waals surface area contributed by atoms with Crippen molar-refractivity contribution in [2.24, 2.45) is 0 Å². The summed E-state index contributed by atoms with van der Waals surface area (Å²) >= 11 is 6.22. The Labute approximate surface area is 150 Å². The van der Waals surface area contributed by atoms with Crippen LogP contribution >= 0.6 is 11.6 Å². The van der Waals surface area contributed by atoms with Crippen molar-refractivity contribution in [3.63, 3.8) is 0 Å². The van der Waals surface area contributed by atoms with E-state index in [4.69, 9.17) is 16.9 Å². The second-order valence-electron chi connectivity index (χ2n) is 5.86. The SMILES string of the molecule is CN(Cc1ccccc1Cl)Cc1nc2ccccc2c(=O)n1CC#N. The predicted octanol–water partition coefficient (Wildman–Crippen LogP) is 3.21. The van der Waals surface area contributed by atoms with Crippen LogP contribution in [0.2, 0.25) is 5.02 Å². The van der Waals surface area contributed by atoms with Gasteiger partial charge in [0.05, 0.1) is 23.5 Å². The number of rotatable bonds is 5. The monoisotopic (exact) mass is 352 g/mol. The Morgan fingerprint density at radius 1 is 1.16 bits per heavy atom. The highest BCUT2D eigenvalue weighted by Gasteiger charge is 2.13. The van der Waals surface area contributed by atoms with Crippen LogP contribution in [0.15, 0.2) is 53.3 Å². The normalized spacial score (nSPS) is 11.0. The van der Waals surface area contributed by atoms with Gasteiger partial charge in [0.15, 0.2) is 0 Å². The van der Waals surface area contributed by atoms with Crippen LogP contribution in [0.5, 0.6) is 0 Å². The fourth-order valence-corrected chi connectivity index (χ4v) is 2.98. The summed E-state index contributed by atoms with van der Waals surface area (Å²) in [5, 5.41) is 10.3. The third-order valence-corrected chi connectivity index (χ3v) is 4.35. The smallest absolute Gasteiger partial charge is 0.262 e. The van der Waals surface area contributed by atoms with Gasteiger partial charge in [-0.3, -0.25) is 14.3 Å². The van der Waals surface area contributed by atoms with E-state index in [0.717, 1.165) is 5.56 Å². The van der Waals surface area contributed by atoms with E-state index in [1.807, 2.05) is 54.4 Å². The molecule has 0 bridgehead atoms. The fraction of sp³-hybridized carbons (Fsp3) is 0.211. The van der Waals surface area contributed by atoms with Crippen molar-refractivity contribution < 1.29 is 0 Å². The Hall–Kier alpha value is -2.68. The molecule has 3 rings (SSSR count). The lowest BCUT2D eigenvalue weighted by molar-refractivity contribution is 0.304. The maximum atomic E-state index is 12.7. The lowest BCUT2D eigenvalue weighted by Crippen LogP contribution is -2.29. The molecule has 0 saturated carbocycles. The number of para-hydroxylation sites is 1. The molecule has 126 valence electrons. The molecule has 0 atom stereocenters. The number of fused-ring (bicyclic) bond motifs is 1. The lowest BCUT2D eigenvalue weighted by atomic mass is 10.2. The minimum atomic E-state index is -0.187. The molecule has 0 aliphatic rings. The zero-order valence-corrected chi connectivity index (χ0v) is 14.6. The van der Waals surface area contributed by atoms with Crippen molar-refractivity contribution in [1.82, 2.24) is 14.5 Å². The lowest BCUT2D eigenvalue weighted by Gasteiger charge is -2.19. The number of hydrogen-bond acceptors (Lipinski definition) is 4. The van der Waals surface area contributed by atoms with Gasteiger partial charge in [0.25, 0.3) is 5.56 Å². The maximum Gasteiger partial charge on any atom is 0.262 e. The van der Waals surface area contributed by atoms with Crippen molar-refractivity contribution >= 4 is 22.5 Å². The number of benzene rings is 2. The molecule has 6 heteroatoms. The largest absolute Gasteiger partial charge is 0.295 e. The van der Waals surface area contributed by atoms with Crippen LogP contribution in [0.4, 0.5) is 0 Å². The van der Waals surface area contributed by atoms with E-state index in [1.165, 1.54) is 4.57 Å². The van der Waals surface area contributed by atoms with E-state index >= 15 is 0 Å². The zero-order valence-electron chi connectivity index (χ0n) is 13.8. The third kappa shape index (κ3) is 3.71. The summed E-state index contributed by atoms with van der Waals surface area (Å²) in [7, 11) is 1.93. The molecule has 5 nitrogen and oxygen atoms in total. The topological polar surface area (TPSA) is 61.9 Å². The van der Waals surface area contributed by atoms with Crippen LogP contribution in [0, 0.1) is 11.3 Å². The van der Waals surface area contributed by atoms with Gasteiger partial charge in [-0.25, -0.2) is 4.98 Å². The van der Waals surface area contributed by atoms with Crippen molar-refractivity contribution in [2.45, 2.75) is 19.6 Å². The average molecular weight is 353 g/mol. The maximum absolute atomic E-state index is 12.7. The van der Waals surface area contributed by atoms with Crippen molar-refractivity contribution in [3.8, 4) is 6.07 Å². The van der Waals surface area contributed by atoms with Crippen molar-refractivity contribution in [1.29, 1.82) is 5.26 Å². The molecule has 0 aliphatic carbocycles. The molecule has 2 aromatic carbocycles. The number of nitriles is 1. The molecule has 25 heavy (non-hydrogen) atoms. The standard InChI is InChI=1S/C19H17ClN4O/c1-23(12-14-6-2-4-8-16(14)20)13-18-22-17-9-5-3-7-15(17)19(25)24(18)11-10-21/h2-9H,11-13H2,1H3. The summed E-state index contributed by atoms with van der Waals surface area (Å²) in [6, 6.07) is 16.9. The molecule has 3 aromatic rings. The van der Waals surface area contributed by atoms with Crippen LogP contribution in [0.25, 0.3) is 10.9 Å². The highest BCUT2D eigenvalue weighted by Crippen LogP contribution is 2.17. The molecule has 0 amide bonds. The Kier molecular flexibility index (Phi) is 5.13. The van der Waals surface area contributed by atoms with Gasteiger partial charge in [-0.15, -0.1) is 0 Å². The van der Waals surface area contributed by atoms with E-state index in [-0.39, 0.29) is 12.1 Å². The first-order valence-electron chi connectivity index (χ1n) is 7.87. The summed E-state index contributed by atoms with van der Waals surface area (Å²) in [6.07, 6.45) is 0. The van der Waals surface area contributed by atoms with E-state index in [9.17, 15) is 4.79 Å². The Bertz CT molecular complexity index is 1010. The highest BCUT2D eigenvalue weighted by molar-refractivity contribution is 6.31.